The van der Waals surface area contributed by atoms with Crippen LogP contribution in [0.4, 0.5) is 0 Å². The molecule has 0 saturated heterocycles. The maximum Gasteiger partial charge on any atom is -0.0171 e. The van der Waals surface area contributed by atoms with E-state index in [0.717, 1.165) is 0 Å². The molecule has 1 aliphatic rings. The molecule has 0 aliphatic heterocycles. The van der Waals surface area contributed by atoms with Crippen molar-refractivity contribution in [3.8, 4) is 0 Å². The summed E-state index contributed by atoms with van der Waals surface area (Å²) in [5, 5.41) is 23.5. The van der Waals surface area contributed by atoms with Gasteiger partial charge in [0.2, 0.25) is 0 Å². The van der Waals surface area contributed by atoms with Crippen LogP contribution in [-0.2, 0) is 12.8 Å². The Balaban J connectivity index is 1.10. The monoisotopic (exact) mass is 554 g/mol. The normalized spacial score (nSPS) is 13.3. The first-order valence-corrected chi connectivity index (χ1v) is 15.7. The predicted molar refractivity (Wildman–Crippen MR) is 191 cm³/mol. The SMILES string of the molecule is c1ccc2cc3cc4cc5cc6cc7cc8cc9cc%10cc%11c(cc%10cc9cc8cc7cc6cc5cc4cc3cc2c1)CC%11. The van der Waals surface area contributed by atoms with Gasteiger partial charge in [-0.05, 0) is 218 Å². The van der Waals surface area contributed by atoms with Crippen molar-refractivity contribution in [2.24, 2.45) is 0 Å². The maximum absolute atomic E-state index is 2.41. The largest absolute Gasteiger partial charge is 0.0616 e. The van der Waals surface area contributed by atoms with Crippen molar-refractivity contribution in [2.45, 2.75) is 12.8 Å². The average molecular weight is 555 g/mol. The molecule has 0 heterocycles. The van der Waals surface area contributed by atoms with Crippen molar-refractivity contribution < 1.29 is 0 Å². The standard InChI is InChI=1S/C44H26/c1-2-4-26-8-30-12-34-16-38-20-42-24-44-22-40-18-36-14-32-10-28-6-5-27(28)9-31(32)13-35(36)17-39(40)21-43(44)23-41(42)19-37(38)15-33(34)11-29(30)7-25(26)3-1/h1-4,7-24H,5-6H2. The van der Waals surface area contributed by atoms with E-state index in [-0.39, 0.29) is 0 Å². The molecule has 202 valence electrons. The molecule has 0 radical (unpaired) electrons. The molecule has 0 aromatic heterocycles. The van der Waals surface area contributed by atoms with Gasteiger partial charge in [-0.2, -0.15) is 0 Å². The summed E-state index contributed by atoms with van der Waals surface area (Å²) in [5.74, 6) is 0. The molecular formula is C44H26. The van der Waals surface area contributed by atoms with Gasteiger partial charge in [-0.3, -0.25) is 0 Å². The lowest BCUT2D eigenvalue weighted by molar-refractivity contribution is 0.844. The molecule has 0 atom stereocenters. The van der Waals surface area contributed by atoms with Crippen LogP contribution in [0.3, 0.4) is 0 Å². The van der Waals surface area contributed by atoms with Crippen molar-refractivity contribution in [2.75, 3.05) is 0 Å². The number of fused-ring (bicyclic) bond motifs is 10. The van der Waals surface area contributed by atoms with E-state index in [1.807, 2.05) is 0 Å². The number of hydrogen-bond donors (Lipinski definition) is 0. The fourth-order valence-electron chi connectivity index (χ4n) is 7.91. The number of hydrogen-bond acceptors (Lipinski definition) is 0. The summed E-state index contributed by atoms with van der Waals surface area (Å²) in [4.78, 5) is 0. The van der Waals surface area contributed by atoms with Gasteiger partial charge in [0.05, 0.1) is 0 Å². The van der Waals surface area contributed by atoms with E-state index in [9.17, 15) is 0 Å². The van der Waals surface area contributed by atoms with E-state index >= 15 is 0 Å². The van der Waals surface area contributed by atoms with Gasteiger partial charge in [0, 0.05) is 0 Å². The van der Waals surface area contributed by atoms with Crippen LogP contribution in [0.5, 0.6) is 0 Å². The lowest BCUT2D eigenvalue weighted by Gasteiger charge is -2.19. The number of rotatable bonds is 0. The molecule has 0 N–H and O–H groups in total. The van der Waals surface area contributed by atoms with Gasteiger partial charge < -0.3 is 0 Å². The fraction of sp³-hybridized carbons (Fsp3) is 0.0455. The molecule has 11 rings (SSSR count). The Bertz CT molecular complexity index is 2730. The Labute approximate surface area is 253 Å². The minimum absolute atomic E-state index is 1.22. The first kappa shape index (κ1) is 23.1. The van der Waals surface area contributed by atoms with Crippen LogP contribution in [0.2, 0.25) is 0 Å². The van der Waals surface area contributed by atoms with E-state index in [4.69, 9.17) is 0 Å². The predicted octanol–water partition coefficient (Wildman–Crippen LogP) is 12.2. The van der Waals surface area contributed by atoms with E-state index in [1.54, 1.807) is 0 Å². The molecule has 0 unspecified atom stereocenters. The van der Waals surface area contributed by atoms with Crippen LogP contribution in [0.25, 0.3) is 97.0 Å². The average Bonchev–Trinajstić information content (AvgIpc) is 3.02. The Hall–Kier alpha value is -5.46. The lowest BCUT2D eigenvalue weighted by atomic mass is 9.85. The molecule has 10 aromatic rings. The molecular weight excluding hydrogens is 528 g/mol. The van der Waals surface area contributed by atoms with Gasteiger partial charge in [0.15, 0.2) is 0 Å². The van der Waals surface area contributed by atoms with Crippen LogP contribution >= 0.6 is 0 Å². The summed E-state index contributed by atoms with van der Waals surface area (Å²) in [5.41, 5.74) is 3.05. The Kier molecular flexibility index (Phi) is 4.26. The van der Waals surface area contributed by atoms with Crippen LogP contribution in [0, 0.1) is 0 Å². The summed E-state index contributed by atoms with van der Waals surface area (Å²) in [6, 6.07) is 51.3. The van der Waals surface area contributed by atoms with Crippen molar-refractivity contribution >= 4 is 97.0 Å². The molecule has 1 aliphatic carbocycles. The van der Waals surface area contributed by atoms with Crippen LogP contribution in [-0.4, -0.2) is 0 Å². The van der Waals surface area contributed by atoms with Gasteiger partial charge in [0.25, 0.3) is 0 Å². The summed E-state index contributed by atoms with van der Waals surface area (Å²) in [6.45, 7) is 0. The lowest BCUT2D eigenvalue weighted by Crippen LogP contribution is -2.07. The summed E-state index contributed by atoms with van der Waals surface area (Å²) < 4.78 is 0. The summed E-state index contributed by atoms with van der Waals surface area (Å²) in [6.07, 6.45) is 2.45. The molecule has 0 nitrogen and oxygen atoms in total. The summed E-state index contributed by atoms with van der Waals surface area (Å²) >= 11 is 0. The zero-order valence-corrected chi connectivity index (χ0v) is 24.1. The van der Waals surface area contributed by atoms with Gasteiger partial charge in [-0.15, -0.1) is 0 Å². The van der Waals surface area contributed by atoms with Crippen molar-refractivity contribution in [1.29, 1.82) is 0 Å². The first-order chi connectivity index (χ1) is 21.7. The Morgan fingerprint density at radius 1 is 0.205 bits per heavy atom. The molecule has 0 spiro atoms. The molecule has 0 saturated carbocycles. The van der Waals surface area contributed by atoms with E-state index < -0.39 is 0 Å². The molecule has 0 fully saturated rings. The van der Waals surface area contributed by atoms with E-state index in [1.165, 1.54) is 121 Å². The van der Waals surface area contributed by atoms with Gasteiger partial charge in [-0.25, -0.2) is 0 Å². The molecule has 0 heteroatoms. The topological polar surface area (TPSA) is 0 Å². The molecule has 0 amide bonds. The highest BCUT2D eigenvalue weighted by Crippen LogP contribution is 2.36. The third-order valence-electron chi connectivity index (χ3n) is 10.4. The van der Waals surface area contributed by atoms with Crippen LogP contribution < -0.4 is 0 Å². The van der Waals surface area contributed by atoms with Crippen molar-refractivity contribution in [3.63, 3.8) is 0 Å². The Morgan fingerprint density at radius 2 is 0.386 bits per heavy atom. The molecule has 0 bridgehead atoms. The second-order valence-electron chi connectivity index (χ2n) is 13.1. The van der Waals surface area contributed by atoms with Crippen molar-refractivity contribution in [1.82, 2.24) is 0 Å². The minimum Gasteiger partial charge on any atom is -0.0616 e. The third kappa shape index (κ3) is 3.28. The first-order valence-electron chi connectivity index (χ1n) is 15.7. The highest BCUT2D eigenvalue weighted by atomic mass is 14.2. The van der Waals surface area contributed by atoms with Gasteiger partial charge in [0.1, 0.15) is 0 Å². The number of benzene rings is 10. The molecule has 44 heavy (non-hydrogen) atoms. The quantitative estimate of drug-likeness (QED) is 0.164. The summed E-state index contributed by atoms with van der Waals surface area (Å²) in [7, 11) is 0. The zero-order valence-electron chi connectivity index (χ0n) is 24.1. The Morgan fingerprint density at radius 3 is 0.591 bits per heavy atom. The maximum atomic E-state index is 2.41. The van der Waals surface area contributed by atoms with Crippen LogP contribution in [0.1, 0.15) is 11.1 Å². The second-order valence-corrected chi connectivity index (χ2v) is 13.1. The highest BCUT2D eigenvalue weighted by molar-refractivity contribution is 6.14. The van der Waals surface area contributed by atoms with Crippen molar-refractivity contribution in [3.05, 3.63) is 145 Å². The van der Waals surface area contributed by atoms with E-state index in [0.29, 0.717) is 0 Å². The highest BCUT2D eigenvalue weighted by Gasteiger charge is 2.14. The van der Waals surface area contributed by atoms with Gasteiger partial charge >= 0.3 is 0 Å². The second kappa shape index (κ2) is 8.13. The number of aryl methyl sites for hydroxylation is 2. The minimum atomic E-state index is 1.22. The van der Waals surface area contributed by atoms with Crippen LogP contribution in [0.15, 0.2) is 133 Å². The molecule has 10 aromatic carbocycles. The zero-order chi connectivity index (χ0) is 28.5. The van der Waals surface area contributed by atoms with E-state index in [2.05, 4.69) is 133 Å². The smallest absolute Gasteiger partial charge is 0.0171 e. The van der Waals surface area contributed by atoms with Gasteiger partial charge in [-0.1, -0.05) is 36.4 Å². The fourth-order valence-corrected chi connectivity index (χ4v) is 7.91. The third-order valence-corrected chi connectivity index (χ3v) is 10.4.